The molecule has 4 nitrogen and oxygen atoms in total. The molecule has 2 rings (SSSR count). The monoisotopic (exact) mass is 305 g/mol. The first-order chi connectivity index (χ1) is 10.7. The summed E-state index contributed by atoms with van der Waals surface area (Å²) in [6.07, 6.45) is 0. The summed E-state index contributed by atoms with van der Waals surface area (Å²) < 4.78 is 5.69. The third kappa shape index (κ3) is 6.88. The Labute approximate surface area is 135 Å². The van der Waals surface area contributed by atoms with Crippen molar-refractivity contribution in [3.63, 3.8) is 0 Å². The molecule has 0 radical (unpaired) electrons. The summed E-state index contributed by atoms with van der Waals surface area (Å²) in [7, 11) is 0. The van der Waals surface area contributed by atoms with E-state index in [9.17, 15) is 0 Å². The van der Waals surface area contributed by atoms with Crippen LogP contribution in [0.3, 0.4) is 0 Å². The van der Waals surface area contributed by atoms with Crippen molar-refractivity contribution < 1.29 is 4.74 Å². The molecule has 22 heavy (non-hydrogen) atoms. The molecule has 1 N–H and O–H groups in total. The quantitative estimate of drug-likeness (QED) is 0.704. The van der Waals surface area contributed by atoms with Crippen LogP contribution in [0, 0.1) is 0 Å². The second-order valence-electron chi connectivity index (χ2n) is 6.32. The average Bonchev–Trinajstić information content (AvgIpc) is 2.53. The lowest BCUT2D eigenvalue weighted by molar-refractivity contribution is 0.0741. The summed E-state index contributed by atoms with van der Waals surface area (Å²) >= 11 is 0. The summed E-state index contributed by atoms with van der Waals surface area (Å²) in [4.78, 5) is 5.05. The third-order valence-corrected chi connectivity index (χ3v) is 4.06. The first-order valence-electron chi connectivity index (χ1n) is 8.54. The SMILES string of the molecule is CC(C)NCCOCCN1CCN(Cc2ccccc2)CC1. The molecule has 1 fully saturated rings. The molecular weight excluding hydrogens is 274 g/mol. The van der Waals surface area contributed by atoms with Gasteiger partial charge in [0.1, 0.15) is 0 Å². The van der Waals surface area contributed by atoms with Crippen LogP contribution in [0.2, 0.25) is 0 Å². The van der Waals surface area contributed by atoms with Gasteiger partial charge < -0.3 is 10.1 Å². The van der Waals surface area contributed by atoms with Crippen LogP contribution in [0.4, 0.5) is 0 Å². The van der Waals surface area contributed by atoms with E-state index in [1.54, 1.807) is 0 Å². The van der Waals surface area contributed by atoms with Crippen molar-refractivity contribution in [3.05, 3.63) is 35.9 Å². The molecule has 1 aliphatic rings. The highest BCUT2D eigenvalue weighted by molar-refractivity contribution is 5.14. The summed E-state index contributed by atoms with van der Waals surface area (Å²) in [6, 6.07) is 11.3. The highest BCUT2D eigenvalue weighted by Gasteiger charge is 2.16. The maximum Gasteiger partial charge on any atom is 0.0594 e. The number of nitrogens with zero attached hydrogens (tertiary/aromatic N) is 2. The van der Waals surface area contributed by atoms with Gasteiger partial charge in [0.05, 0.1) is 13.2 Å². The number of ether oxygens (including phenoxy) is 1. The first-order valence-corrected chi connectivity index (χ1v) is 8.54. The lowest BCUT2D eigenvalue weighted by Gasteiger charge is -2.34. The largest absolute Gasteiger partial charge is 0.379 e. The minimum Gasteiger partial charge on any atom is -0.379 e. The van der Waals surface area contributed by atoms with Crippen molar-refractivity contribution in [2.45, 2.75) is 26.4 Å². The number of rotatable bonds is 9. The van der Waals surface area contributed by atoms with Crippen LogP contribution in [0.25, 0.3) is 0 Å². The number of nitrogens with one attached hydrogen (secondary N) is 1. The summed E-state index contributed by atoms with van der Waals surface area (Å²) in [5, 5.41) is 3.37. The molecule has 0 aliphatic carbocycles. The van der Waals surface area contributed by atoms with Crippen molar-refractivity contribution in [2.75, 3.05) is 52.5 Å². The molecular formula is C18H31N3O. The van der Waals surface area contributed by atoms with E-state index in [4.69, 9.17) is 4.74 Å². The molecule has 0 spiro atoms. The minimum atomic E-state index is 0.543. The van der Waals surface area contributed by atoms with Gasteiger partial charge in [-0.1, -0.05) is 44.2 Å². The van der Waals surface area contributed by atoms with E-state index in [0.717, 1.165) is 59.0 Å². The lowest BCUT2D eigenvalue weighted by Crippen LogP contribution is -2.46. The minimum absolute atomic E-state index is 0.543. The summed E-state index contributed by atoms with van der Waals surface area (Å²) in [5.74, 6) is 0. The summed E-state index contributed by atoms with van der Waals surface area (Å²) in [6.45, 7) is 13.7. The van der Waals surface area contributed by atoms with E-state index in [2.05, 4.69) is 59.3 Å². The van der Waals surface area contributed by atoms with E-state index in [1.807, 2.05) is 0 Å². The third-order valence-electron chi connectivity index (χ3n) is 4.06. The maximum atomic E-state index is 5.69. The van der Waals surface area contributed by atoms with Gasteiger partial charge in [0, 0.05) is 51.9 Å². The average molecular weight is 305 g/mol. The van der Waals surface area contributed by atoms with Crippen LogP contribution >= 0.6 is 0 Å². The second-order valence-corrected chi connectivity index (χ2v) is 6.32. The molecule has 0 aromatic heterocycles. The Bertz CT molecular complexity index is 389. The van der Waals surface area contributed by atoms with Gasteiger partial charge in [-0.15, -0.1) is 0 Å². The predicted octanol–water partition coefficient (Wildman–Crippen LogP) is 1.82. The normalized spacial score (nSPS) is 17.2. The van der Waals surface area contributed by atoms with Crippen molar-refractivity contribution in [3.8, 4) is 0 Å². The topological polar surface area (TPSA) is 27.7 Å². The Morgan fingerprint density at radius 3 is 2.36 bits per heavy atom. The smallest absolute Gasteiger partial charge is 0.0594 e. The van der Waals surface area contributed by atoms with Gasteiger partial charge >= 0.3 is 0 Å². The van der Waals surface area contributed by atoms with Crippen LogP contribution in [0.15, 0.2) is 30.3 Å². The fraction of sp³-hybridized carbons (Fsp3) is 0.667. The molecule has 0 saturated carbocycles. The molecule has 4 heteroatoms. The zero-order valence-electron chi connectivity index (χ0n) is 14.1. The van der Waals surface area contributed by atoms with E-state index in [-0.39, 0.29) is 0 Å². The van der Waals surface area contributed by atoms with Crippen LogP contribution in [-0.2, 0) is 11.3 Å². The molecule has 0 unspecified atom stereocenters. The molecule has 0 atom stereocenters. The molecule has 0 bridgehead atoms. The Hall–Kier alpha value is -0.940. The van der Waals surface area contributed by atoms with E-state index >= 15 is 0 Å². The predicted molar refractivity (Wildman–Crippen MR) is 92.1 cm³/mol. The van der Waals surface area contributed by atoms with Crippen LogP contribution in [0.5, 0.6) is 0 Å². The van der Waals surface area contributed by atoms with Gasteiger partial charge in [0.2, 0.25) is 0 Å². The molecule has 1 heterocycles. The highest BCUT2D eigenvalue weighted by Crippen LogP contribution is 2.08. The van der Waals surface area contributed by atoms with E-state index < -0.39 is 0 Å². The first kappa shape index (κ1) is 17.4. The molecule has 0 amide bonds. The highest BCUT2D eigenvalue weighted by atomic mass is 16.5. The molecule has 1 aliphatic heterocycles. The van der Waals surface area contributed by atoms with Gasteiger partial charge in [-0.25, -0.2) is 0 Å². The second kappa shape index (κ2) is 9.95. The lowest BCUT2D eigenvalue weighted by atomic mass is 10.2. The molecule has 1 saturated heterocycles. The molecule has 1 aromatic carbocycles. The number of benzene rings is 1. The summed E-state index contributed by atoms with van der Waals surface area (Å²) in [5.41, 5.74) is 1.41. The Kier molecular flexibility index (Phi) is 7.88. The molecule has 124 valence electrons. The Balaban J connectivity index is 1.52. The fourth-order valence-corrected chi connectivity index (χ4v) is 2.73. The maximum absolute atomic E-state index is 5.69. The number of hydrogen-bond acceptors (Lipinski definition) is 4. The van der Waals surface area contributed by atoms with Gasteiger partial charge in [-0.3, -0.25) is 9.80 Å². The van der Waals surface area contributed by atoms with Crippen molar-refractivity contribution >= 4 is 0 Å². The van der Waals surface area contributed by atoms with E-state index in [1.165, 1.54) is 5.56 Å². The van der Waals surface area contributed by atoms with Gasteiger partial charge in [-0.2, -0.15) is 0 Å². The standard InChI is InChI=1S/C18H31N3O/c1-17(2)19-8-14-22-15-13-20-9-11-21(12-10-20)16-18-6-4-3-5-7-18/h3-7,17,19H,8-16H2,1-2H3. The van der Waals surface area contributed by atoms with Crippen LogP contribution < -0.4 is 5.32 Å². The number of piperazine rings is 1. The van der Waals surface area contributed by atoms with Crippen molar-refractivity contribution in [1.82, 2.24) is 15.1 Å². The number of hydrogen-bond donors (Lipinski definition) is 1. The van der Waals surface area contributed by atoms with Gasteiger partial charge in [0.25, 0.3) is 0 Å². The zero-order valence-corrected chi connectivity index (χ0v) is 14.1. The zero-order chi connectivity index (χ0) is 15.6. The van der Waals surface area contributed by atoms with Crippen LogP contribution in [-0.4, -0.2) is 68.3 Å². The van der Waals surface area contributed by atoms with Gasteiger partial charge in [0.15, 0.2) is 0 Å². The fourth-order valence-electron chi connectivity index (χ4n) is 2.73. The van der Waals surface area contributed by atoms with E-state index in [0.29, 0.717) is 6.04 Å². The Morgan fingerprint density at radius 2 is 1.68 bits per heavy atom. The van der Waals surface area contributed by atoms with Crippen LogP contribution in [0.1, 0.15) is 19.4 Å². The Morgan fingerprint density at radius 1 is 1.00 bits per heavy atom. The van der Waals surface area contributed by atoms with Crippen molar-refractivity contribution in [2.24, 2.45) is 0 Å². The molecule has 1 aromatic rings. The van der Waals surface area contributed by atoms with Gasteiger partial charge in [-0.05, 0) is 5.56 Å². The van der Waals surface area contributed by atoms with Crippen molar-refractivity contribution in [1.29, 1.82) is 0 Å².